The normalized spacial score (nSPS) is 18.2. The third-order valence-corrected chi connectivity index (χ3v) is 4.96. The Balaban J connectivity index is 1.70. The van der Waals surface area contributed by atoms with E-state index >= 15 is 0 Å². The zero-order chi connectivity index (χ0) is 17.8. The van der Waals surface area contributed by atoms with Crippen LogP contribution in [0.2, 0.25) is 5.02 Å². The van der Waals surface area contributed by atoms with Gasteiger partial charge >= 0.3 is 0 Å². The molecule has 25 heavy (non-hydrogen) atoms. The summed E-state index contributed by atoms with van der Waals surface area (Å²) in [6, 6.07) is 16.7. The molecule has 2 aromatic carbocycles. The van der Waals surface area contributed by atoms with Gasteiger partial charge in [-0.05, 0) is 30.5 Å². The summed E-state index contributed by atoms with van der Waals surface area (Å²) in [7, 11) is 0. The Morgan fingerprint density at radius 2 is 1.88 bits per heavy atom. The van der Waals surface area contributed by atoms with Crippen molar-refractivity contribution in [1.29, 1.82) is 0 Å². The number of amides is 2. The van der Waals surface area contributed by atoms with Crippen LogP contribution in [0.1, 0.15) is 36.9 Å². The van der Waals surface area contributed by atoms with Crippen molar-refractivity contribution >= 4 is 23.4 Å². The van der Waals surface area contributed by atoms with E-state index in [0.717, 1.165) is 11.1 Å². The van der Waals surface area contributed by atoms with Gasteiger partial charge < -0.3 is 10.2 Å². The van der Waals surface area contributed by atoms with Crippen LogP contribution < -0.4 is 5.32 Å². The zero-order valence-electron chi connectivity index (χ0n) is 14.1. The molecule has 0 aliphatic carbocycles. The zero-order valence-corrected chi connectivity index (χ0v) is 14.9. The van der Waals surface area contributed by atoms with Crippen molar-refractivity contribution in [2.24, 2.45) is 0 Å². The number of carbonyl (C=O) groups is 2. The first-order chi connectivity index (χ1) is 12.1. The molecule has 1 fully saturated rings. The lowest BCUT2D eigenvalue weighted by Gasteiger charge is -2.26. The molecule has 1 aliphatic rings. The smallest absolute Gasteiger partial charge is 0.243 e. The SMILES string of the molecule is C[C@H](NC(=O)[C@H]1CCC(=O)N1Cc1ccccc1Cl)c1ccccc1. The van der Waals surface area contributed by atoms with Crippen molar-refractivity contribution < 1.29 is 9.59 Å². The van der Waals surface area contributed by atoms with E-state index in [4.69, 9.17) is 11.6 Å². The molecule has 3 rings (SSSR count). The van der Waals surface area contributed by atoms with Gasteiger partial charge in [0.25, 0.3) is 0 Å². The molecule has 0 unspecified atom stereocenters. The molecule has 2 aromatic rings. The molecule has 5 heteroatoms. The maximum Gasteiger partial charge on any atom is 0.243 e. The molecular weight excluding hydrogens is 336 g/mol. The van der Waals surface area contributed by atoms with Crippen molar-refractivity contribution in [3.05, 3.63) is 70.7 Å². The van der Waals surface area contributed by atoms with E-state index in [9.17, 15) is 9.59 Å². The van der Waals surface area contributed by atoms with Crippen LogP contribution >= 0.6 is 11.6 Å². The van der Waals surface area contributed by atoms with Gasteiger partial charge in [0.1, 0.15) is 6.04 Å². The van der Waals surface area contributed by atoms with Crippen molar-refractivity contribution in [2.75, 3.05) is 0 Å². The molecule has 1 aliphatic heterocycles. The number of hydrogen-bond acceptors (Lipinski definition) is 2. The highest BCUT2D eigenvalue weighted by Gasteiger charge is 2.36. The molecule has 4 nitrogen and oxygen atoms in total. The van der Waals surface area contributed by atoms with Crippen LogP contribution in [0.15, 0.2) is 54.6 Å². The summed E-state index contributed by atoms with van der Waals surface area (Å²) < 4.78 is 0. The molecule has 0 bridgehead atoms. The molecule has 0 aromatic heterocycles. The monoisotopic (exact) mass is 356 g/mol. The van der Waals surface area contributed by atoms with Gasteiger partial charge in [-0.3, -0.25) is 9.59 Å². The number of carbonyl (C=O) groups excluding carboxylic acids is 2. The van der Waals surface area contributed by atoms with E-state index in [2.05, 4.69) is 5.32 Å². The highest BCUT2D eigenvalue weighted by molar-refractivity contribution is 6.31. The first-order valence-electron chi connectivity index (χ1n) is 8.44. The minimum Gasteiger partial charge on any atom is -0.348 e. The largest absolute Gasteiger partial charge is 0.348 e. The topological polar surface area (TPSA) is 49.4 Å². The molecule has 1 heterocycles. The minimum atomic E-state index is -0.449. The van der Waals surface area contributed by atoms with E-state index in [1.54, 1.807) is 11.0 Å². The third kappa shape index (κ3) is 4.02. The first kappa shape index (κ1) is 17.5. The summed E-state index contributed by atoms with van der Waals surface area (Å²) in [5, 5.41) is 3.63. The predicted molar refractivity (Wildman–Crippen MR) is 98.0 cm³/mol. The summed E-state index contributed by atoms with van der Waals surface area (Å²) >= 11 is 6.20. The van der Waals surface area contributed by atoms with Crippen molar-refractivity contribution in [3.8, 4) is 0 Å². The number of nitrogens with zero attached hydrogens (tertiary/aromatic N) is 1. The number of benzene rings is 2. The van der Waals surface area contributed by atoms with Crippen molar-refractivity contribution in [1.82, 2.24) is 10.2 Å². The van der Waals surface area contributed by atoms with E-state index in [1.165, 1.54) is 0 Å². The maximum atomic E-state index is 12.7. The average molecular weight is 357 g/mol. The van der Waals surface area contributed by atoms with Gasteiger partial charge in [-0.15, -0.1) is 0 Å². The summed E-state index contributed by atoms with van der Waals surface area (Å²) in [6.07, 6.45) is 0.929. The second-order valence-corrected chi connectivity index (χ2v) is 6.72. The Morgan fingerprint density at radius 1 is 1.20 bits per heavy atom. The van der Waals surface area contributed by atoms with Crippen molar-refractivity contribution in [2.45, 2.75) is 38.4 Å². The van der Waals surface area contributed by atoms with Gasteiger partial charge in [0.2, 0.25) is 11.8 Å². The second kappa shape index (κ2) is 7.70. The van der Waals surface area contributed by atoms with E-state index in [1.807, 2.05) is 55.5 Å². The lowest BCUT2D eigenvalue weighted by atomic mass is 10.1. The average Bonchev–Trinajstić information content (AvgIpc) is 2.98. The van der Waals surface area contributed by atoms with E-state index < -0.39 is 6.04 Å². The fraction of sp³-hybridized carbons (Fsp3) is 0.300. The van der Waals surface area contributed by atoms with Crippen LogP contribution in [0.4, 0.5) is 0 Å². The summed E-state index contributed by atoms with van der Waals surface area (Å²) in [6.45, 7) is 2.30. The lowest BCUT2D eigenvalue weighted by molar-refractivity contribution is -0.136. The number of hydrogen-bond donors (Lipinski definition) is 1. The number of likely N-dealkylation sites (tertiary alicyclic amines) is 1. The van der Waals surface area contributed by atoms with E-state index in [-0.39, 0.29) is 17.9 Å². The van der Waals surface area contributed by atoms with Gasteiger partial charge in [0.05, 0.1) is 6.04 Å². The molecule has 1 N–H and O–H groups in total. The van der Waals surface area contributed by atoms with Gasteiger partial charge in [-0.1, -0.05) is 60.1 Å². The molecule has 1 saturated heterocycles. The van der Waals surface area contributed by atoms with Crippen LogP contribution in [0.5, 0.6) is 0 Å². The Morgan fingerprint density at radius 3 is 2.60 bits per heavy atom. The molecule has 0 radical (unpaired) electrons. The Bertz CT molecular complexity index is 763. The van der Waals surface area contributed by atoms with Gasteiger partial charge in [-0.2, -0.15) is 0 Å². The van der Waals surface area contributed by atoms with Gasteiger partial charge in [-0.25, -0.2) is 0 Å². The van der Waals surface area contributed by atoms with E-state index in [0.29, 0.717) is 24.4 Å². The quantitative estimate of drug-likeness (QED) is 0.887. The predicted octanol–water partition coefficient (Wildman–Crippen LogP) is 3.71. The number of rotatable bonds is 5. The van der Waals surface area contributed by atoms with Crippen LogP contribution in [0, 0.1) is 0 Å². The molecule has 2 atom stereocenters. The summed E-state index contributed by atoms with van der Waals surface area (Å²) in [5.74, 6) is -0.123. The van der Waals surface area contributed by atoms with Crippen LogP contribution in [-0.2, 0) is 16.1 Å². The standard InChI is InChI=1S/C20H21ClN2O2/c1-14(15-7-3-2-4-8-15)22-20(25)18-11-12-19(24)23(18)13-16-9-5-6-10-17(16)21/h2-10,14,18H,11-13H2,1H3,(H,22,25)/t14-,18+/m0/s1. The highest BCUT2D eigenvalue weighted by atomic mass is 35.5. The lowest BCUT2D eigenvalue weighted by Crippen LogP contribution is -2.45. The molecule has 0 saturated carbocycles. The first-order valence-corrected chi connectivity index (χ1v) is 8.82. The minimum absolute atomic E-state index is 0.00701. The molecule has 0 spiro atoms. The number of nitrogens with one attached hydrogen (secondary N) is 1. The van der Waals surface area contributed by atoms with Gasteiger partial charge in [0.15, 0.2) is 0 Å². The summed E-state index contributed by atoms with van der Waals surface area (Å²) in [4.78, 5) is 26.6. The van der Waals surface area contributed by atoms with Gasteiger partial charge in [0, 0.05) is 18.0 Å². The fourth-order valence-corrected chi connectivity index (χ4v) is 3.34. The molecule has 130 valence electrons. The Hall–Kier alpha value is -2.33. The van der Waals surface area contributed by atoms with Crippen molar-refractivity contribution in [3.63, 3.8) is 0 Å². The number of halogens is 1. The summed E-state index contributed by atoms with van der Waals surface area (Å²) in [5.41, 5.74) is 1.89. The fourth-order valence-electron chi connectivity index (χ4n) is 3.15. The van der Waals surface area contributed by atoms with Crippen LogP contribution in [0.25, 0.3) is 0 Å². The Kier molecular flexibility index (Phi) is 5.39. The van der Waals surface area contributed by atoms with Crippen LogP contribution in [0.3, 0.4) is 0 Å². The highest BCUT2D eigenvalue weighted by Crippen LogP contribution is 2.25. The Labute approximate surface area is 152 Å². The third-order valence-electron chi connectivity index (χ3n) is 4.59. The molecular formula is C20H21ClN2O2. The van der Waals surface area contributed by atoms with Crippen LogP contribution in [-0.4, -0.2) is 22.8 Å². The maximum absolute atomic E-state index is 12.7. The second-order valence-electron chi connectivity index (χ2n) is 6.31. The molecule has 2 amide bonds.